The second-order valence-electron chi connectivity index (χ2n) is 6.29. The SMILES string of the molecule is CN(C)C(=O)[C@H]1CN(CCOCc2ccccc2)Cc2ccnn21. The van der Waals surface area contributed by atoms with E-state index in [4.69, 9.17) is 4.74 Å². The van der Waals surface area contributed by atoms with Crippen molar-refractivity contribution < 1.29 is 9.53 Å². The second-order valence-corrected chi connectivity index (χ2v) is 6.29. The quantitative estimate of drug-likeness (QED) is 0.755. The Morgan fingerprint density at radius 1 is 1.29 bits per heavy atom. The van der Waals surface area contributed by atoms with E-state index in [1.165, 1.54) is 5.56 Å². The van der Waals surface area contributed by atoms with Gasteiger partial charge in [0.1, 0.15) is 6.04 Å². The zero-order chi connectivity index (χ0) is 16.9. The normalized spacial score (nSPS) is 17.5. The Hall–Kier alpha value is -2.18. The first-order chi connectivity index (χ1) is 11.6. The van der Waals surface area contributed by atoms with E-state index in [1.54, 1.807) is 25.2 Å². The highest BCUT2D eigenvalue weighted by Gasteiger charge is 2.31. The summed E-state index contributed by atoms with van der Waals surface area (Å²) in [4.78, 5) is 16.3. The molecule has 1 aromatic heterocycles. The number of likely N-dealkylation sites (N-methyl/N-ethyl adjacent to an activating group) is 1. The lowest BCUT2D eigenvalue weighted by Crippen LogP contribution is -2.45. The van der Waals surface area contributed by atoms with Crippen molar-refractivity contribution in [3.8, 4) is 0 Å². The lowest BCUT2D eigenvalue weighted by molar-refractivity contribution is -0.134. The van der Waals surface area contributed by atoms with Crippen molar-refractivity contribution in [3.63, 3.8) is 0 Å². The Morgan fingerprint density at radius 2 is 2.08 bits per heavy atom. The molecule has 3 rings (SSSR count). The topological polar surface area (TPSA) is 50.6 Å². The molecule has 6 heteroatoms. The monoisotopic (exact) mass is 328 g/mol. The Kier molecular flexibility index (Phi) is 5.27. The molecule has 1 atom stereocenters. The van der Waals surface area contributed by atoms with E-state index in [2.05, 4.69) is 22.1 Å². The summed E-state index contributed by atoms with van der Waals surface area (Å²) < 4.78 is 7.63. The highest BCUT2D eigenvalue weighted by molar-refractivity contribution is 5.80. The smallest absolute Gasteiger partial charge is 0.248 e. The van der Waals surface area contributed by atoms with Crippen LogP contribution < -0.4 is 0 Å². The molecule has 0 radical (unpaired) electrons. The molecule has 0 saturated heterocycles. The molecular weight excluding hydrogens is 304 g/mol. The fourth-order valence-electron chi connectivity index (χ4n) is 2.97. The summed E-state index contributed by atoms with van der Waals surface area (Å²) in [5.41, 5.74) is 2.25. The second kappa shape index (κ2) is 7.59. The van der Waals surface area contributed by atoms with E-state index in [-0.39, 0.29) is 11.9 Å². The van der Waals surface area contributed by atoms with Crippen LogP contribution in [0.25, 0.3) is 0 Å². The number of aromatic nitrogens is 2. The first kappa shape index (κ1) is 16.7. The lowest BCUT2D eigenvalue weighted by Gasteiger charge is -2.34. The van der Waals surface area contributed by atoms with Crippen molar-refractivity contribution in [2.75, 3.05) is 33.8 Å². The maximum absolute atomic E-state index is 12.4. The van der Waals surface area contributed by atoms with Gasteiger partial charge in [-0.1, -0.05) is 30.3 Å². The van der Waals surface area contributed by atoms with Crippen LogP contribution in [-0.2, 0) is 22.7 Å². The van der Waals surface area contributed by atoms with Gasteiger partial charge in [-0.3, -0.25) is 14.4 Å². The molecule has 2 aromatic rings. The molecule has 1 aromatic carbocycles. The van der Waals surface area contributed by atoms with E-state index in [0.717, 1.165) is 18.8 Å². The van der Waals surface area contributed by atoms with Gasteiger partial charge in [-0.25, -0.2) is 0 Å². The van der Waals surface area contributed by atoms with E-state index in [0.29, 0.717) is 19.8 Å². The molecule has 0 fully saturated rings. The molecule has 0 N–H and O–H groups in total. The van der Waals surface area contributed by atoms with E-state index >= 15 is 0 Å². The zero-order valence-electron chi connectivity index (χ0n) is 14.3. The van der Waals surface area contributed by atoms with Crippen LogP contribution in [0.5, 0.6) is 0 Å². The maximum Gasteiger partial charge on any atom is 0.248 e. The third-order valence-electron chi connectivity index (χ3n) is 4.25. The summed E-state index contributed by atoms with van der Waals surface area (Å²) in [5.74, 6) is 0.0786. The maximum atomic E-state index is 12.4. The number of benzene rings is 1. The molecular formula is C18H24N4O2. The van der Waals surface area contributed by atoms with Crippen molar-refractivity contribution in [1.82, 2.24) is 19.6 Å². The molecule has 2 heterocycles. The highest BCUT2D eigenvalue weighted by atomic mass is 16.5. The van der Waals surface area contributed by atoms with Gasteiger partial charge in [0.2, 0.25) is 5.91 Å². The highest BCUT2D eigenvalue weighted by Crippen LogP contribution is 2.21. The number of carbonyl (C=O) groups excluding carboxylic acids is 1. The Bertz CT molecular complexity index is 669. The summed E-state index contributed by atoms with van der Waals surface area (Å²) in [7, 11) is 3.57. The van der Waals surface area contributed by atoms with Crippen molar-refractivity contribution >= 4 is 5.91 Å². The fraction of sp³-hybridized carbons (Fsp3) is 0.444. The summed E-state index contributed by atoms with van der Waals surface area (Å²) in [6.45, 7) is 3.53. The third-order valence-corrected chi connectivity index (χ3v) is 4.25. The van der Waals surface area contributed by atoms with Gasteiger partial charge in [-0.2, -0.15) is 5.10 Å². The lowest BCUT2D eigenvalue weighted by atomic mass is 10.1. The average molecular weight is 328 g/mol. The molecule has 0 unspecified atom stereocenters. The van der Waals surface area contributed by atoms with Gasteiger partial charge in [0, 0.05) is 39.9 Å². The molecule has 24 heavy (non-hydrogen) atoms. The molecule has 1 aliphatic rings. The average Bonchev–Trinajstić information content (AvgIpc) is 3.06. The van der Waals surface area contributed by atoms with Crippen molar-refractivity contribution in [1.29, 1.82) is 0 Å². The summed E-state index contributed by atoms with van der Waals surface area (Å²) in [6.07, 6.45) is 1.76. The molecule has 128 valence electrons. The minimum absolute atomic E-state index is 0.0786. The number of hydrogen-bond donors (Lipinski definition) is 0. The summed E-state index contributed by atoms with van der Waals surface area (Å²) >= 11 is 0. The number of nitrogens with zero attached hydrogens (tertiary/aromatic N) is 4. The number of ether oxygens (including phenoxy) is 1. The first-order valence-corrected chi connectivity index (χ1v) is 8.22. The molecule has 0 spiro atoms. The Balaban J connectivity index is 1.54. The molecule has 1 amide bonds. The van der Waals surface area contributed by atoms with E-state index < -0.39 is 0 Å². The van der Waals surface area contributed by atoms with Crippen LogP contribution in [-0.4, -0.2) is 59.3 Å². The molecule has 6 nitrogen and oxygen atoms in total. The number of amides is 1. The van der Waals surface area contributed by atoms with Gasteiger partial charge in [0.25, 0.3) is 0 Å². The molecule has 0 saturated carbocycles. The van der Waals surface area contributed by atoms with Crippen LogP contribution in [0.2, 0.25) is 0 Å². The predicted octanol–water partition coefficient (Wildman–Crippen LogP) is 1.54. The van der Waals surface area contributed by atoms with Crippen LogP contribution in [0, 0.1) is 0 Å². The molecule has 1 aliphatic heterocycles. The van der Waals surface area contributed by atoms with Crippen LogP contribution in [0.3, 0.4) is 0 Å². The zero-order valence-corrected chi connectivity index (χ0v) is 14.3. The largest absolute Gasteiger partial charge is 0.375 e. The number of fused-ring (bicyclic) bond motifs is 1. The third kappa shape index (κ3) is 3.83. The Labute approximate surface area is 142 Å². The van der Waals surface area contributed by atoms with Gasteiger partial charge >= 0.3 is 0 Å². The molecule has 0 bridgehead atoms. The predicted molar refractivity (Wildman–Crippen MR) is 91.3 cm³/mol. The standard InChI is InChI=1S/C18H24N4O2/c1-20(2)18(23)17-13-21(12-16-8-9-19-22(16)17)10-11-24-14-15-6-4-3-5-7-15/h3-9,17H,10-14H2,1-2H3/t17-/m1/s1. The van der Waals surface area contributed by atoms with Crippen molar-refractivity contribution in [2.24, 2.45) is 0 Å². The van der Waals surface area contributed by atoms with Crippen molar-refractivity contribution in [2.45, 2.75) is 19.2 Å². The van der Waals surface area contributed by atoms with Crippen molar-refractivity contribution in [3.05, 3.63) is 53.9 Å². The Morgan fingerprint density at radius 3 is 2.83 bits per heavy atom. The van der Waals surface area contributed by atoms with Gasteiger partial charge in [-0.15, -0.1) is 0 Å². The number of hydrogen-bond acceptors (Lipinski definition) is 4. The summed E-state index contributed by atoms with van der Waals surface area (Å²) in [5, 5.41) is 4.32. The fourth-order valence-corrected chi connectivity index (χ4v) is 2.97. The van der Waals surface area contributed by atoms with Gasteiger partial charge in [-0.05, 0) is 11.6 Å². The minimum Gasteiger partial charge on any atom is -0.375 e. The van der Waals surface area contributed by atoms with Crippen LogP contribution in [0.4, 0.5) is 0 Å². The van der Waals surface area contributed by atoms with Gasteiger partial charge in [0.05, 0.1) is 18.9 Å². The van der Waals surface area contributed by atoms with Gasteiger partial charge < -0.3 is 9.64 Å². The summed E-state index contributed by atoms with van der Waals surface area (Å²) in [6, 6.07) is 11.9. The van der Waals surface area contributed by atoms with Gasteiger partial charge in [0.15, 0.2) is 0 Å². The van der Waals surface area contributed by atoms with E-state index in [9.17, 15) is 4.79 Å². The van der Waals surface area contributed by atoms with Crippen LogP contribution in [0.15, 0.2) is 42.6 Å². The molecule has 0 aliphatic carbocycles. The van der Waals surface area contributed by atoms with E-state index in [1.807, 2.05) is 28.9 Å². The minimum atomic E-state index is -0.257. The van der Waals surface area contributed by atoms with Crippen LogP contribution >= 0.6 is 0 Å². The number of rotatable bonds is 6. The number of carbonyl (C=O) groups is 1. The first-order valence-electron chi connectivity index (χ1n) is 8.22. The van der Waals surface area contributed by atoms with Crippen LogP contribution in [0.1, 0.15) is 17.3 Å².